The van der Waals surface area contributed by atoms with Gasteiger partial charge in [0.15, 0.2) is 13.2 Å². The molecule has 2 N–H and O–H groups in total. The van der Waals surface area contributed by atoms with Gasteiger partial charge in [-0.1, -0.05) is 51.1 Å². The summed E-state index contributed by atoms with van der Waals surface area (Å²) in [7, 11) is 0. The first-order chi connectivity index (χ1) is 12.8. The Balaban J connectivity index is 1.76. The van der Waals surface area contributed by atoms with Crippen molar-refractivity contribution >= 4 is 11.8 Å². The lowest BCUT2D eigenvalue weighted by molar-refractivity contribution is -0.131. The smallest absolute Gasteiger partial charge is 0.276 e. The van der Waals surface area contributed by atoms with E-state index in [0.717, 1.165) is 11.1 Å². The quantitative estimate of drug-likeness (QED) is 0.767. The van der Waals surface area contributed by atoms with E-state index >= 15 is 0 Å². The standard InChI is InChI=1S/C21H26N2O4/c1-15-8-7-9-16(12-15)26-13-19(24)22-23-20(25)14-27-18-11-6-5-10-17(18)21(2,3)4/h5-12H,13-14H2,1-4H3,(H,22,24)(H,23,25). The van der Waals surface area contributed by atoms with E-state index in [-0.39, 0.29) is 18.6 Å². The Hall–Kier alpha value is -3.02. The van der Waals surface area contributed by atoms with Gasteiger partial charge in [0.1, 0.15) is 11.5 Å². The van der Waals surface area contributed by atoms with Gasteiger partial charge in [-0.2, -0.15) is 0 Å². The van der Waals surface area contributed by atoms with Crippen LogP contribution in [0.15, 0.2) is 48.5 Å². The first-order valence-corrected chi connectivity index (χ1v) is 8.75. The maximum absolute atomic E-state index is 11.9. The van der Waals surface area contributed by atoms with Crippen LogP contribution in [0.5, 0.6) is 11.5 Å². The SMILES string of the molecule is Cc1cccc(OCC(=O)NNC(=O)COc2ccccc2C(C)(C)C)c1. The zero-order chi connectivity index (χ0) is 19.9. The van der Waals surface area contributed by atoms with Gasteiger partial charge in [0, 0.05) is 0 Å². The minimum atomic E-state index is -0.458. The fourth-order valence-corrected chi connectivity index (χ4v) is 2.42. The zero-order valence-electron chi connectivity index (χ0n) is 16.2. The highest BCUT2D eigenvalue weighted by Gasteiger charge is 2.19. The second-order valence-corrected chi connectivity index (χ2v) is 7.24. The summed E-state index contributed by atoms with van der Waals surface area (Å²) in [5.74, 6) is 0.329. The van der Waals surface area contributed by atoms with Crippen LogP contribution in [-0.2, 0) is 15.0 Å². The molecule has 2 aromatic rings. The molecule has 6 nitrogen and oxygen atoms in total. The van der Waals surface area contributed by atoms with E-state index in [1.807, 2.05) is 49.4 Å². The monoisotopic (exact) mass is 370 g/mol. The topological polar surface area (TPSA) is 76.7 Å². The van der Waals surface area contributed by atoms with Gasteiger partial charge in [-0.25, -0.2) is 0 Å². The van der Waals surface area contributed by atoms with Gasteiger partial charge in [-0.15, -0.1) is 0 Å². The lowest BCUT2D eigenvalue weighted by atomic mass is 9.86. The van der Waals surface area contributed by atoms with Crippen molar-refractivity contribution < 1.29 is 19.1 Å². The third kappa shape index (κ3) is 6.66. The van der Waals surface area contributed by atoms with Crippen LogP contribution in [0.25, 0.3) is 0 Å². The zero-order valence-corrected chi connectivity index (χ0v) is 16.2. The van der Waals surface area contributed by atoms with E-state index in [0.29, 0.717) is 11.5 Å². The average Bonchev–Trinajstić information content (AvgIpc) is 2.62. The van der Waals surface area contributed by atoms with Crippen LogP contribution >= 0.6 is 0 Å². The number of carbonyl (C=O) groups excluding carboxylic acids is 2. The molecule has 0 aliphatic heterocycles. The Morgan fingerprint density at radius 1 is 0.889 bits per heavy atom. The average molecular weight is 370 g/mol. The molecule has 0 radical (unpaired) electrons. The molecule has 0 bridgehead atoms. The van der Waals surface area contributed by atoms with Crippen LogP contribution in [0.2, 0.25) is 0 Å². The number of nitrogens with one attached hydrogen (secondary N) is 2. The first-order valence-electron chi connectivity index (χ1n) is 8.75. The van der Waals surface area contributed by atoms with Crippen molar-refractivity contribution in [2.24, 2.45) is 0 Å². The van der Waals surface area contributed by atoms with E-state index in [4.69, 9.17) is 9.47 Å². The maximum atomic E-state index is 11.9. The van der Waals surface area contributed by atoms with Gasteiger partial charge in [0.2, 0.25) is 0 Å². The van der Waals surface area contributed by atoms with E-state index < -0.39 is 11.8 Å². The van der Waals surface area contributed by atoms with Gasteiger partial charge in [0.05, 0.1) is 0 Å². The highest BCUT2D eigenvalue weighted by molar-refractivity contribution is 5.83. The molecule has 0 saturated heterocycles. The third-order valence-corrected chi connectivity index (χ3v) is 3.75. The molecule has 0 aliphatic carbocycles. The summed E-state index contributed by atoms with van der Waals surface area (Å²) in [6, 6.07) is 14.9. The Labute approximate surface area is 159 Å². The Kier molecular flexibility index (Phi) is 6.82. The lowest BCUT2D eigenvalue weighted by Crippen LogP contribution is -2.45. The second kappa shape index (κ2) is 9.07. The highest BCUT2D eigenvalue weighted by atomic mass is 16.5. The van der Waals surface area contributed by atoms with Crippen LogP contribution < -0.4 is 20.3 Å². The number of hydrogen-bond acceptors (Lipinski definition) is 4. The summed E-state index contributed by atoms with van der Waals surface area (Å²) in [6.45, 7) is 7.76. The van der Waals surface area contributed by atoms with E-state index in [9.17, 15) is 9.59 Å². The molecule has 0 aliphatic rings. The molecular weight excluding hydrogens is 344 g/mol. The summed E-state index contributed by atoms with van der Waals surface area (Å²) in [4.78, 5) is 23.7. The molecule has 0 unspecified atom stereocenters. The van der Waals surface area contributed by atoms with Crippen molar-refractivity contribution in [1.29, 1.82) is 0 Å². The molecule has 144 valence electrons. The van der Waals surface area contributed by atoms with Gasteiger partial charge in [-0.05, 0) is 41.7 Å². The molecule has 0 saturated carbocycles. The number of benzene rings is 2. The van der Waals surface area contributed by atoms with E-state index in [2.05, 4.69) is 31.6 Å². The van der Waals surface area contributed by atoms with Gasteiger partial charge in [0.25, 0.3) is 11.8 Å². The molecule has 0 heterocycles. The summed E-state index contributed by atoms with van der Waals surface area (Å²) in [5, 5.41) is 0. The summed E-state index contributed by atoms with van der Waals surface area (Å²) < 4.78 is 11.0. The number of rotatable bonds is 6. The summed E-state index contributed by atoms with van der Waals surface area (Å²) >= 11 is 0. The number of hydrogen-bond donors (Lipinski definition) is 2. The Bertz CT molecular complexity index is 797. The molecule has 6 heteroatoms. The van der Waals surface area contributed by atoms with E-state index in [1.54, 1.807) is 6.07 Å². The molecule has 2 rings (SSSR count). The maximum Gasteiger partial charge on any atom is 0.276 e. The first kappa shape index (κ1) is 20.3. The minimum Gasteiger partial charge on any atom is -0.484 e. The number of amides is 2. The summed E-state index contributed by atoms with van der Waals surface area (Å²) in [6.07, 6.45) is 0. The van der Waals surface area contributed by atoms with Crippen LogP contribution in [0, 0.1) is 6.92 Å². The highest BCUT2D eigenvalue weighted by Crippen LogP contribution is 2.30. The summed E-state index contributed by atoms with van der Waals surface area (Å²) in [5.41, 5.74) is 6.56. The lowest BCUT2D eigenvalue weighted by Gasteiger charge is -2.22. The molecule has 2 aromatic carbocycles. The number of ether oxygens (including phenoxy) is 2. The van der Waals surface area contributed by atoms with Crippen LogP contribution in [0.4, 0.5) is 0 Å². The fraction of sp³-hybridized carbons (Fsp3) is 0.333. The largest absolute Gasteiger partial charge is 0.484 e. The number of aryl methyl sites for hydroxylation is 1. The molecule has 0 spiro atoms. The van der Waals surface area contributed by atoms with Gasteiger partial charge >= 0.3 is 0 Å². The predicted molar refractivity (Wildman–Crippen MR) is 104 cm³/mol. The molecule has 2 amide bonds. The van der Waals surface area contributed by atoms with E-state index in [1.165, 1.54) is 0 Å². The Morgan fingerprint density at radius 3 is 2.15 bits per heavy atom. The molecule has 0 fully saturated rings. The normalized spacial score (nSPS) is 10.8. The fourth-order valence-electron chi connectivity index (χ4n) is 2.42. The van der Waals surface area contributed by atoms with Crippen molar-refractivity contribution in [2.45, 2.75) is 33.1 Å². The van der Waals surface area contributed by atoms with Crippen molar-refractivity contribution in [3.63, 3.8) is 0 Å². The number of carbonyl (C=O) groups is 2. The second-order valence-electron chi connectivity index (χ2n) is 7.24. The van der Waals surface area contributed by atoms with Crippen molar-refractivity contribution in [2.75, 3.05) is 13.2 Å². The van der Waals surface area contributed by atoms with Gasteiger partial charge < -0.3 is 9.47 Å². The van der Waals surface area contributed by atoms with Crippen molar-refractivity contribution in [1.82, 2.24) is 10.9 Å². The van der Waals surface area contributed by atoms with Crippen LogP contribution in [0.3, 0.4) is 0 Å². The molecular formula is C21H26N2O4. The molecule has 0 aromatic heterocycles. The van der Waals surface area contributed by atoms with Crippen LogP contribution in [-0.4, -0.2) is 25.0 Å². The van der Waals surface area contributed by atoms with Crippen molar-refractivity contribution in [3.05, 3.63) is 59.7 Å². The number of para-hydroxylation sites is 1. The third-order valence-electron chi connectivity index (χ3n) is 3.75. The Morgan fingerprint density at radius 2 is 1.52 bits per heavy atom. The molecule has 27 heavy (non-hydrogen) atoms. The minimum absolute atomic E-state index is 0.103. The van der Waals surface area contributed by atoms with Crippen molar-refractivity contribution in [3.8, 4) is 11.5 Å². The van der Waals surface area contributed by atoms with Gasteiger partial charge in [-0.3, -0.25) is 20.4 Å². The predicted octanol–water partition coefficient (Wildman–Crippen LogP) is 2.90. The molecule has 0 atom stereocenters. The number of hydrazine groups is 1. The van der Waals surface area contributed by atoms with Crippen LogP contribution in [0.1, 0.15) is 31.9 Å².